The largest absolute Gasteiger partial charge is 0.480 e. The Morgan fingerprint density at radius 1 is 1.29 bits per heavy atom. The Balaban J connectivity index is 1.81. The minimum absolute atomic E-state index is 0.352. The van der Waals surface area contributed by atoms with Crippen molar-refractivity contribution in [2.75, 3.05) is 0 Å². The van der Waals surface area contributed by atoms with Gasteiger partial charge in [0.1, 0.15) is 6.04 Å². The van der Waals surface area contributed by atoms with Gasteiger partial charge in [-0.2, -0.15) is 0 Å². The second-order valence-electron chi connectivity index (χ2n) is 6.18. The lowest BCUT2D eigenvalue weighted by atomic mass is 9.76. The maximum Gasteiger partial charge on any atom is 0.320 e. The number of likely N-dealkylation sites (tertiary alicyclic amines) is 1. The van der Waals surface area contributed by atoms with E-state index in [1.807, 2.05) is 12.1 Å². The number of nitrogens with zero attached hydrogens (tertiary/aromatic N) is 2. The lowest BCUT2D eigenvalue weighted by molar-refractivity contribution is -0.148. The van der Waals surface area contributed by atoms with E-state index in [2.05, 4.69) is 25.8 Å². The first-order valence-corrected chi connectivity index (χ1v) is 8.53. The van der Waals surface area contributed by atoms with Crippen molar-refractivity contribution in [3.05, 3.63) is 28.5 Å². The van der Waals surface area contributed by atoms with E-state index in [1.165, 1.54) is 19.3 Å². The minimum atomic E-state index is -0.684. The second kappa shape index (κ2) is 6.44. The van der Waals surface area contributed by atoms with Gasteiger partial charge in [0.05, 0.1) is 5.69 Å². The highest BCUT2D eigenvalue weighted by Gasteiger charge is 2.41. The molecule has 0 aromatic carbocycles. The van der Waals surface area contributed by atoms with Crippen LogP contribution in [0.5, 0.6) is 0 Å². The molecule has 21 heavy (non-hydrogen) atoms. The fourth-order valence-corrected chi connectivity index (χ4v) is 4.14. The molecular weight excluding hydrogens is 332 g/mol. The van der Waals surface area contributed by atoms with Crippen molar-refractivity contribution in [2.45, 2.75) is 57.2 Å². The summed E-state index contributed by atoms with van der Waals surface area (Å²) in [5, 5.41) is 9.55. The van der Waals surface area contributed by atoms with Crippen LogP contribution in [0.1, 0.15) is 44.2 Å². The molecule has 2 fully saturated rings. The topological polar surface area (TPSA) is 53.4 Å². The van der Waals surface area contributed by atoms with Gasteiger partial charge in [0.25, 0.3) is 0 Å². The molecule has 0 spiro atoms. The molecule has 2 aliphatic rings. The van der Waals surface area contributed by atoms with Crippen LogP contribution in [-0.2, 0) is 11.3 Å². The first kappa shape index (κ1) is 15.0. The highest BCUT2D eigenvalue weighted by atomic mass is 79.9. The summed E-state index contributed by atoms with van der Waals surface area (Å²) < 4.78 is 0.954. The number of carboxylic acid groups (broad SMARTS) is 1. The number of rotatable bonds is 3. The summed E-state index contributed by atoms with van der Waals surface area (Å²) in [6, 6.07) is 4.02. The molecule has 5 heteroatoms. The van der Waals surface area contributed by atoms with E-state index in [4.69, 9.17) is 0 Å². The van der Waals surface area contributed by atoms with Gasteiger partial charge in [0.2, 0.25) is 0 Å². The van der Waals surface area contributed by atoms with E-state index in [9.17, 15) is 9.90 Å². The Morgan fingerprint density at radius 2 is 2.10 bits per heavy atom. The van der Waals surface area contributed by atoms with Gasteiger partial charge >= 0.3 is 5.97 Å². The molecule has 0 bridgehead atoms. The number of pyridine rings is 1. The average molecular weight is 353 g/mol. The summed E-state index contributed by atoms with van der Waals surface area (Å²) in [5.41, 5.74) is 0.954. The van der Waals surface area contributed by atoms with Gasteiger partial charge in [0, 0.05) is 23.3 Å². The molecular formula is C16H21BrN2O2. The van der Waals surface area contributed by atoms with E-state index in [-0.39, 0.29) is 6.04 Å². The molecule has 4 nitrogen and oxygen atoms in total. The maximum absolute atomic E-state index is 11.6. The Hall–Kier alpha value is -0.940. The van der Waals surface area contributed by atoms with Crippen LogP contribution in [0.15, 0.2) is 22.8 Å². The molecule has 1 saturated carbocycles. The number of fused-ring (bicyclic) bond motifs is 1. The van der Waals surface area contributed by atoms with E-state index < -0.39 is 5.97 Å². The zero-order valence-corrected chi connectivity index (χ0v) is 13.6. The first-order chi connectivity index (χ1) is 10.1. The molecule has 3 atom stereocenters. The Kier molecular flexibility index (Phi) is 4.60. The minimum Gasteiger partial charge on any atom is -0.480 e. The number of aromatic nitrogens is 1. The molecule has 1 saturated heterocycles. The van der Waals surface area contributed by atoms with Gasteiger partial charge in [-0.3, -0.25) is 14.7 Å². The number of hydrogen-bond donors (Lipinski definition) is 1. The Bertz CT molecular complexity index is 506. The normalized spacial score (nSPS) is 29.9. The first-order valence-electron chi connectivity index (χ1n) is 7.74. The van der Waals surface area contributed by atoms with Crippen molar-refractivity contribution >= 4 is 21.9 Å². The number of hydrogen-bond acceptors (Lipinski definition) is 3. The third-order valence-corrected chi connectivity index (χ3v) is 5.39. The zero-order valence-electron chi connectivity index (χ0n) is 12.0. The highest BCUT2D eigenvalue weighted by molar-refractivity contribution is 9.10. The standard InChI is InChI=1S/C16H21BrN2O2/c17-12-6-7-13(18-9-12)10-19-14-4-2-1-3-11(14)5-8-15(19)16(20)21/h6-7,9,11,14-15H,1-5,8,10H2,(H,20,21). The predicted octanol–water partition coefficient (Wildman–Crippen LogP) is 3.45. The fraction of sp³-hybridized carbons (Fsp3) is 0.625. The number of aliphatic carboxylic acids is 1. The molecule has 0 radical (unpaired) electrons. The summed E-state index contributed by atoms with van der Waals surface area (Å²) in [5.74, 6) is -0.0130. The van der Waals surface area contributed by atoms with E-state index >= 15 is 0 Å². The van der Waals surface area contributed by atoms with Gasteiger partial charge < -0.3 is 5.11 Å². The fourth-order valence-electron chi connectivity index (χ4n) is 3.91. The molecule has 1 aromatic heterocycles. The zero-order chi connectivity index (χ0) is 14.8. The van der Waals surface area contributed by atoms with Crippen LogP contribution >= 0.6 is 15.9 Å². The van der Waals surface area contributed by atoms with Crippen molar-refractivity contribution in [3.63, 3.8) is 0 Å². The molecule has 1 N–H and O–H groups in total. The summed E-state index contributed by atoms with van der Waals surface area (Å²) in [7, 11) is 0. The quantitative estimate of drug-likeness (QED) is 0.904. The van der Waals surface area contributed by atoms with Crippen LogP contribution < -0.4 is 0 Å². The smallest absolute Gasteiger partial charge is 0.320 e. The Morgan fingerprint density at radius 3 is 2.81 bits per heavy atom. The lowest BCUT2D eigenvalue weighted by Crippen LogP contribution is -2.54. The second-order valence-corrected chi connectivity index (χ2v) is 7.10. The van der Waals surface area contributed by atoms with Crippen LogP contribution in [0.4, 0.5) is 0 Å². The van der Waals surface area contributed by atoms with Crippen LogP contribution in [0.25, 0.3) is 0 Å². The molecule has 0 amide bonds. The summed E-state index contributed by atoms with van der Waals surface area (Å²) >= 11 is 3.39. The number of piperidine rings is 1. The van der Waals surface area contributed by atoms with Gasteiger partial charge in [-0.05, 0) is 59.7 Å². The van der Waals surface area contributed by atoms with Crippen LogP contribution in [0.3, 0.4) is 0 Å². The van der Waals surface area contributed by atoms with Gasteiger partial charge in [-0.25, -0.2) is 0 Å². The number of carbonyl (C=O) groups is 1. The van der Waals surface area contributed by atoms with E-state index in [0.717, 1.165) is 29.4 Å². The third-order valence-electron chi connectivity index (χ3n) is 4.92. The number of halogens is 1. The summed E-state index contributed by atoms with van der Waals surface area (Å²) in [4.78, 5) is 18.2. The SMILES string of the molecule is O=C(O)C1CCC2CCCCC2N1Cc1ccc(Br)cn1. The molecule has 3 rings (SSSR count). The Labute approximate surface area is 133 Å². The van der Waals surface area contributed by atoms with Crippen molar-refractivity contribution in [2.24, 2.45) is 5.92 Å². The van der Waals surface area contributed by atoms with Crippen LogP contribution in [0, 0.1) is 5.92 Å². The van der Waals surface area contributed by atoms with Crippen molar-refractivity contribution in [1.29, 1.82) is 0 Å². The van der Waals surface area contributed by atoms with Gasteiger partial charge in [-0.1, -0.05) is 12.8 Å². The van der Waals surface area contributed by atoms with Gasteiger partial charge in [0.15, 0.2) is 0 Å². The summed E-state index contributed by atoms with van der Waals surface area (Å²) in [6.07, 6.45) is 8.51. The predicted molar refractivity (Wildman–Crippen MR) is 83.9 cm³/mol. The summed E-state index contributed by atoms with van der Waals surface area (Å²) in [6.45, 7) is 0.644. The van der Waals surface area contributed by atoms with Crippen LogP contribution in [0.2, 0.25) is 0 Å². The third kappa shape index (κ3) is 3.29. The monoisotopic (exact) mass is 352 g/mol. The highest BCUT2D eigenvalue weighted by Crippen LogP contribution is 2.38. The molecule has 1 aliphatic heterocycles. The lowest BCUT2D eigenvalue weighted by Gasteiger charge is -2.47. The van der Waals surface area contributed by atoms with E-state index in [0.29, 0.717) is 18.5 Å². The molecule has 1 aromatic rings. The van der Waals surface area contributed by atoms with Crippen molar-refractivity contribution < 1.29 is 9.90 Å². The van der Waals surface area contributed by atoms with Crippen molar-refractivity contribution in [1.82, 2.24) is 9.88 Å². The number of carboxylic acids is 1. The molecule has 2 heterocycles. The molecule has 3 unspecified atom stereocenters. The van der Waals surface area contributed by atoms with Crippen molar-refractivity contribution in [3.8, 4) is 0 Å². The molecule has 1 aliphatic carbocycles. The van der Waals surface area contributed by atoms with Gasteiger partial charge in [-0.15, -0.1) is 0 Å². The van der Waals surface area contributed by atoms with E-state index in [1.54, 1.807) is 6.20 Å². The van der Waals surface area contributed by atoms with Crippen LogP contribution in [-0.4, -0.2) is 33.0 Å². The average Bonchev–Trinajstić information content (AvgIpc) is 2.49. The maximum atomic E-state index is 11.6. The molecule has 114 valence electrons.